The van der Waals surface area contributed by atoms with Crippen LogP contribution in [-0.2, 0) is 0 Å². The van der Waals surface area contributed by atoms with E-state index < -0.39 is 14.2 Å². The third-order valence-electron chi connectivity index (χ3n) is 2.68. The molecule has 0 aliphatic carbocycles. The molecule has 0 aliphatic rings. The van der Waals surface area contributed by atoms with Gasteiger partial charge in [-0.2, -0.15) is 0 Å². The fourth-order valence-corrected chi connectivity index (χ4v) is 2.65. The molecular formula is C12H21NO2Si. The van der Waals surface area contributed by atoms with Crippen molar-refractivity contribution in [2.45, 2.75) is 39.6 Å². The summed E-state index contributed by atoms with van der Waals surface area (Å²) in [4.78, 5) is 4.53. The maximum Gasteiger partial charge on any atom is 0.216 e. The maximum absolute atomic E-state index is 9.75. The highest BCUT2D eigenvalue weighted by Crippen LogP contribution is 2.23. The molecule has 0 spiro atoms. The van der Waals surface area contributed by atoms with E-state index in [9.17, 15) is 5.11 Å². The van der Waals surface area contributed by atoms with Crippen molar-refractivity contribution in [1.29, 1.82) is 0 Å². The van der Waals surface area contributed by atoms with Gasteiger partial charge < -0.3 is 9.84 Å². The quantitative estimate of drug-likeness (QED) is 0.820. The van der Waals surface area contributed by atoms with E-state index >= 15 is 0 Å². The maximum atomic E-state index is 9.75. The van der Waals surface area contributed by atoms with Crippen LogP contribution in [0, 0.1) is 6.92 Å². The molecule has 0 fully saturated rings. The molecule has 4 heteroatoms. The molecule has 0 saturated carbocycles. The first-order chi connectivity index (χ1) is 7.27. The number of hydrogen-bond acceptors (Lipinski definition) is 3. The first-order valence-corrected chi connectivity index (χ1v) is 9.01. The molecule has 0 saturated heterocycles. The van der Waals surface area contributed by atoms with Gasteiger partial charge >= 0.3 is 0 Å². The molecule has 0 aromatic carbocycles. The first kappa shape index (κ1) is 13.2. The molecule has 1 unspecified atom stereocenters. The molecule has 1 atom stereocenters. The van der Waals surface area contributed by atoms with Crippen molar-refractivity contribution in [1.82, 2.24) is 4.98 Å². The molecule has 1 heterocycles. The van der Waals surface area contributed by atoms with Gasteiger partial charge in [0.05, 0.1) is 13.2 Å². The predicted molar refractivity (Wildman–Crippen MR) is 69.1 cm³/mol. The van der Waals surface area contributed by atoms with E-state index in [1.165, 1.54) is 0 Å². The number of ether oxygens (including phenoxy) is 1. The zero-order valence-electron chi connectivity index (χ0n) is 11.0. The van der Waals surface area contributed by atoms with Crippen LogP contribution in [0.2, 0.25) is 19.6 Å². The van der Waals surface area contributed by atoms with Crippen LogP contribution < -0.4 is 10.1 Å². The summed E-state index contributed by atoms with van der Waals surface area (Å²) in [6.07, 6.45) is -0.480. The van der Waals surface area contributed by atoms with Gasteiger partial charge in [-0.25, -0.2) is 4.98 Å². The zero-order valence-corrected chi connectivity index (χ0v) is 12.0. The average Bonchev–Trinajstić information content (AvgIpc) is 2.15. The van der Waals surface area contributed by atoms with Gasteiger partial charge in [-0.1, -0.05) is 19.6 Å². The van der Waals surface area contributed by atoms with Crippen molar-refractivity contribution in [2.75, 3.05) is 7.11 Å². The van der Waals surface area contributed by atoms with Crippen LogP contribution in [-0.4, -0.2) is 25.3 Å². The minimum absolute atomic E-state index is 0.480. The smallest absolute Gasteiger partial charge is 0.216 e. The average molecular weight is 239 g/mol. The summed E-state index contributed by atoms with van der Waals surface area (Å²) in [6.45, 7) is 10.4. The molecule has 1 aromatic heterocycles. The van der Waals surface area contributed by atoms with Crippen LogP contribution in [0.4, 0.5) is 0 Å². The molecular weight excluding hydrogens is 218 g/mol. The predicted octanol–water partition coefficient (Wildman–Crippen LogP) is 2.00. The number of hydrogen-bond donors (Lipinski definition) is 1. The van der Waals surface area contributed by atoms with Gasteiger partial charge in [0.25, 0.3) is 0 Å². The molecule has 0 amide bonds. The third-order valence-corrected chi connectivity index (χ3v) is 4.47. The van der Waals surface area contributed by atoms with E-state index in [-0.39, 0.29) is 0 Å². The van der Waals surface area contributed by atoms with Gasteiger partial charge in [0.15, 0.2) is 0 Å². The summed E-state index contributed by atoms with van der Waals surface area (Å²) in [5.41, 5.74) is 1.85. The van der Waals surface area contributed by atoms with Crippen molar-refractivity contribution < 1.29 is 9.84 Å². The van der Waals surface area contributed by atoms with E-state index in [0.29, 0.717) is 5.88 Å². The molecule has 0 aliphatic heterocycles. The number of aromatic nitrogens is 1. The van der Waals surface area contributed by atoms with Gasteiger partial charge in [0, 0.05) is 10.9 Å². The Morgan fingerprint density at radius 1 is 1.38 bits per heavy atom. The second kappa shape index (κ2) is 4.55. The largest absolute Gasteiger partial charge is 0.481 e. The van der Waals surface area contributed by atoms with Crippen LogP contribution in [0.25, 0.3) is 0 Å². The number of nitrogens with zero attached hydrogens (tertiary/aromatic N) is 1. The lowest BCUT2D eigenvalue weighted by molar-refractivity contribution is 0.198. The molecule has 0 bridgehead atoms. The van der Waals surface area contributed by atoms with Crippen molar-refractivity contribution >= 4 is 13.4 Å². The number of rotatable bonds is 3. The van der Waals surface area contributed by atoms with E-state index in [4.69, 9.17) is 4.74 Å². The summed E-state index contributed by atoms with van der Waals surface area (Å²) in [5.74, 6) is 0.635. The van der Waals surface area contributed by atoms with Crippen LogP contribution >= 0.6 is 0 Å². The topological polar surface area (TPSA) is 42.4 Å². The monoisotopic (exact) mass is 239 g/mol. The lowest BCUT2D eigenvalue weighted by atomic mass is 10.1. The highest BCUT2D eigenvalue weighted by atomic mass is 28.3. The first-order valence-electron chi connectivity index (χ1n) is 5.51. The van der Waals surface area contributed by atoms with Crippen LogP contribution in [0.3, 0.4) is 0 Å². The Kier molecular flexibility index (Phi) is 3.75. The molecule has 0 radical (unpaired) electrons. The fourth-order valence-electron chi connectivity index (χ4n) is 1.62. The summed E-state index contributed by atoms with van der Waals surface area (Å²) >= 11 is 0. The second-order valence-corrected chi connectivity index (χ2v) is 10.2. The van der Waals surface area contributed by atoms with Crippen molar-refractivity contribution in [3.63, 3.8) is 0 Å². The Balaban J connectivity index is 3.40. The highest BCUT2D eigenvalue weighted by Gasteiger charge is 2.22. The minimum atomic E-state index is -1.48. The lowest BCUT2D eigenvalue weighted by Gasteiger charge is -2.20. The summed E-state index contributed by atoms with van der Waals surface area (Å²) in [7, 11) is 0.137. The van der Waals surface area contributed by atoms with E-state index in [2.05, 4.69) is 24.6 Å². The fraction of sp³-hybridized carbons (Fsp3) is 0.583. The Morgan fingerprint density at radius 3 is 2.31 bits per heavy atom. The van der Waals surface area contributed by atoms with E-state index in [1.54, 1.807) is 14.0 Å². The number of aliphatic hydroxyl groups is 1. The SMILES string of the molecule is COc1nc([Si](C)(C)C)cc(C(C)O)c1C. The molecule has 1 rings (SSSR count). The molecule has 1 aromatic rings. The van der Waals surface area contributed by atoms with Crippen LogP contribution in [0.5, 0.6) is 5.88 Å². The normalized spacial score (nSPS) is 13.7. The Labute approximate surface area is 98.5 Å². The Hall–Kier alpha value is -0.873. The zero-order chi connectivity index (χ0) is 12.5. The lowest BCUT2D eigenvalue weighted by Crippen LogP contribution is -2.40. The Bertz CT molecular complexity index is 383. The summed E-state index contributed by atoms with van der Waals surface area (Å²) in [6, 6.07) is 2.02. The summed E-state index contributed by atoms with van der Waals surface area (Å²) in [5, 5.41) is 10.8. The number of pyridine rings is 1. The van der Waals surface area contributed by atoms with Gasteiger partial charge in [-0.05, 0) is 25.5 Å². The van der Waals surface area contributed by atoms with Crippen LogP contribution in [0.1, 0.15) is 24.2 Å². The van der Waals surface area contributed by atoms with Gasteiger partial charge in [0.1, 0.15) is 8.07 Å². The number of aliphatic hydroxyl groups excluding tert-OH is 1. The minimum Gasteiger partial charge on any atom is -0.481 e. The van der Waals surface area contributed by atoms with E-state index in [0.717, 1.165) is 16.4 Å². The number of methoxy groups -OCH3 is 1. The second-order valence-electron chi connectivity index (χ2n) is 5.16. The molecule has 3 nitrogen and oxygen atoms in total. The van der Waals surface area contributed by atoms with Crippen molar-refractivity contribution in [3.8, 4) is 5.88 Å². The third kappa shape index (κ3) is 2.62. The van der Waals surface area contributed by atoms with Crippen LogP contribution in [0.15, 0.2) is 6.07 Å². The molecule has 16 heavy (non-hydrogen) atoms. The van der Waals surface area contributed by atoms with E-state index in [1.807, 2.05) is 13.0 Å². The molecule has 1 N–H and O–H groups in total. The highest BCUT2D eigenvalue weighted by molar-refractivity contribution is 6.88. The van der Waals surface area contributed by atoms with Gasteiger partial charge in [-0.15, -0.1) is 0 Å². The Morgan fingerprint density at radius 2 is 1.94 bits per heavy atom. The summed E-state index contributed by atoms with van der Waals surface area (Å²) < 4.78 is 5.27. The van der Waals surface area contributed by atoms with Crippen molar-refractivity contribution in [3.05, 3.63) is 17.2 Å². The van der Waals surface area contributed by atoms with Gasteiger partial charge in [0.2, 0.25) is 5.88 Å². The standard InChI is InChI=1S/C12H21NO2Si/c1-8-10(9(2)14)7-11(16(4,5)6)13-12(8)15-3/h7,9,14H,1-6H3. The van der Waals surface area contributed by atoms with Gasteiger partial charge in [-0.3, -0.25) is 0 Å². The van der Waals surface area contributed by atoms with Crippen molar-refractivity contribution in [2.24, 2.45) is 0 Å². The molecule has 90 valence electrons.